The molecule has 0 spiro atoms. The fraction of sp³-hybridized carbons (Fsp3) is 0.400. The number of amides is 1. The molecule has 198 valence electrons. The Kier molecular flexibility index (Phi) is 8.30. The van der Waals surface area contributed by atoms with Gasteiger partial charge in [-0.25, -0.2) is 12.7 Å². The van der Waals surface area contributed by atoms with Crippen molar-refractivity contribution in [1.82, 2.24) is 8.87 Å². The predicted octanol–water partition coefficient (Wildman–Crippen LogP) is 3.20. The zero-order valence-corrected chi connectivity index (χ0v) is 22.6. The Hall–Kier alpha value is -3.22. The second-order valence-electron chi connectivity index (χ2n) is 8.36. The van der Waals surface area contributed by atoms with Crippen molar-refractivity contribution in [3.8, 4) is 11.5 Å². The predicted molar refractivity (Wildman–Crippen MR) is 138 cm³/mol. The van der Waals surface area contributed by atoms with Crippen LogP contribution in [-0.4, -0.2) is 62.6 Å². The maximum Gasteiger partial charge on any atom is 0.326 e. The average Bonchev–Trinajstić information content (AvgIpc) is 3.21. The third-order valence-electron chi connectivity index (χ3n) is 5.77. The number of fused-ring (bicyclic) bond motifs is 2. The van der Waals surface area contributed by atoms with E-state index in [1.807, 2.05) is 6.92 Å². The van der Waals surface area contributed by atoms with Crippen molar-refractivity contribution in [2.75, 3.05) is 33.4 Å². The van der Waals surface area contributed by atoms with E-state index < -0.39 is 21.9 Å². The van der Waals surface area contributed by atoms with E-state index in [2.05, 4.69) is 4.99 Å². The first-order valence-electron chi connectivity index (χ1n) is 12.0. The first-order valence-corrected chi connectivity index (χ1v) is 14.2. The Morgan fingerprint density at radius 2 is 1.78 bits per heavy atom. The van der Waals surface area contributed by atoms with Crippen LogP contribution >= 0.6 is 11.3 Å². The first kappa shape index (κ1) is 26.8. The van der Waals surface area contributed by atoms with Crippen LogP contribution in [-0.2, 0) is 26.1 Å². The lowest BCUT2D eigenvalue weighted by molar-refractivity contribution is -0.143. The highest BCUT2D eigenvalue weighted by atomic mass is 32.2. The number of carbonyl (C=O) groups is 2. The van der Waals surface area contributed by atoms with Crippen molar-refractivity contribution in [1.29, 1.82) is 0 Å². The number of benzene rings is 2. The number of hydrogen-bond acceptors (Lipinski definition) is 8. The number of unbranched alkanes of at least 4 members (excludes halogenated alkanes) is 1. The summed E-state index contributed by atoms with van der Waals surface area (Å²) in [7, 11) is -2.11. The van der Waals surface area contributed by atoms with E-state index in [0.717, 1.165) is 17.5 Å². The fourth-order valence-electron chi connectivity index (χ4n) is 3.78. The maximum atomic E-state index is 13.0. The average molecular weight is 548 g/mol. The molecule has 1 aromatic heterocycles. The highest BCUT2D eigenvalue weighted by Gasteiger charge is 2.21. The Balaban J connectivity index is 1.69. The van der Waals surface area contributed by atoms with Crippen molar-refractivity contribution in [2.45, 2.75) is 38.1 Å². The standard InChI is InChI=1S/C25H29N3O7S2/c1-4-6-11-27(3)37(31,32)18-9-7-17(8-10-18)24(30)26-25-28(16-23(29)33-5-2)19-14-20-21(15-22(19)36-25)35-13-12-34-20/h7-10,14-15H,4-6,11-13,16H2,1-3H3. The molecular weight excluding hydrogens is 518 g/mol. The van der Waals surface area contributed by atoms with E-state index in [1.165, 1.54) is 47.0 Å². The van der Waals surface area contributed by atoms with Gasteiger partial charge in [0.1, 0.15) is 19.8 Å². The van der Waals surface area contributed by atoms with E-state index in [1.54, 1.807) is 23.6 Å². The molecule has 1 aliphatic heterocycles. The second kappa shape index (κ2) is 11.4. The SMILES string of the molecule is CCCCN(C)S(=O)(=O)c1ccc(C(=O)N=c2sc3cc4c(cc3n2CC(=O)OCC)OCCO4)cc1. The molecule has 0 atom stereocenters. The van der Waals surface area contributed by atoms with E-state index in [0.29, 0.717) is 41.6 Å². The minimum Gasteiger partial charge on any atom is -0.486 e. The molecule has 0 fully saturated rings. The highest BCUT2D eigenvalue weighted by Crippen LogP contribution is 2.35. The molecule has 1 aliphatic rings. The van der Waals surface area contributed by atoms with Gasteiger partial charge in [-0.3, -0.25) is 9.59 Å². The molecule has 0 bridgehead atoms. The number of carbonyl (C=O) groups excluding carboxylic acids is 2. The smallest absolute Gasteiger partial charge is 0.326 e. The topological polar surface area (TPSA) is 117 Å². The minimum atomic E-state index is -3.65. The Bertz CT molecular complexity index is 1470. The minimum absolute atomic E-state index is 0.104. The van der Waals surface area contributed by atoms with Crippen LogP contribution in [0, 0.1) is 0 Å². The highest BCUT2D eigenvalue weighted by molar-refractivity contribution is 7.89. The molecule has 0 N–H and O–H groups in total. The summed E-state index contributed by atoms with van der Waals surface area (Å²) < 4.78 is 45.7. The van der Waals surface area contributed by atoms with Crippen LogP contribution in [0.5, 0.6) is 11.5 Å². The van der Waals surface area contributed by atoms with Crippen LogP contribution in [0.1, 0.15) is 37.0 Å². The van der Waals surface area contributed by atoms with Crippen LogP contribution in [0.3, 0.4) is 0 Å². The molecule has 12 heteroatoms. The van der Waals surface area contributed by atoms with E-state index in [-0.39, 0.29) is 23.6 Å². The summed E-state index contributed by atoms with van der Waals surface area (Å²) in [4.78, 5) is 30.0. The van der Waals surface area contributed by atoms with E-state index in [4.69, 9.17) is 14.2 Å². The maximum absolute atomic E-state index is 13.0. The molecular formula is C25H29N3O7S2. The lowest BCUT2D eigenvalue weighted by Crippen LogP contribution is -2.27. The van der Waals surface area contributed by atoms with Gasteiger partial charge in [-0.05, 0) is 37.6 Å². The molecule has 0 unspecified atom stereocenters. The van der Waals surface area contributed by atoms with Gasteiger partial charge in [0.05, 0.1) is 21.7 Å². The summed E-state index contributed by atoms with van der Waals surface area (Å²) in [5.74, 6) is 0.104. The van der Waals surface area contributed by atoms with Crippen LogP contribution in [0.4, 0.5) is 0 Å². The summed E-state index contributed by atoms with van der Waals surface area (Å²) in [5, 5.41) is 0. The largest absolute Gasteiger partial charge is 0.486 e. The van der Waals surface area contributed by atoms with Crippen LogP contribution in [0.25, 0.3) is 10.2 Å². The molecule has 0 aliphatic carbocycles. The zero-order chi connectivity index (χ0) is 26.6. The molecule has 4 rings (SSSR count). The van der Waals surface area contributed by atoms with Gasteiger partial charge in [0.25, 0.3) is 5.91 Å². The van der Waals surface area contributed by atoms with Gasteiger partial charge in [-0.2, -0.15) is 4.99 Å². The summed E-state index contributed by atoms with van der Waals surface area (Å²) >= 11 is 1.23. The summed E-state index contributed by atoms with van der Waals surface area (Å²) in [5.41, 5.74) is 0.881. The van der Waals surface area contributed by atoms with Gasteiger partial charge in [-0.15, -0.1) is 0 Å². The number of esters is 1. The normalized spacial score (nSPS) is 13.8. The molecule has 0 radical (unpaired) electrons. The molecule has 2 heterocycles. The van der Waals surface area contributed by atoms with E-state index in [9.17, 15) is 18.0 Å². The van der Waals surface area contributed by atoms with E-state index >= 15 is 0 Å². The van der Waals surface area contributed by atoms with Gasteiger partial charge in [0.2, 0.25) is 10.0 Å². The number of thiazole rings is 1. The number of nitrogens with zero attached hydrogens (tertiary/aromatic N) is 3. The van der Waals surface area contributed by atoms with Gasteiger partial charge in [-0.1, -0.05) is 24.7 Å². The molecule has 2 aromatic carbocycles. The molecule has 0 saturated heterocycles. The Morgan fingerprint density at radius 3 is 2.43 bits per heavy atom. The lowest BCUT2D eigenvalue weighted by Gasteiger charge is -2.18. The van der Waals surface area contributed by atoms with Gasteiger partial charge < -0.3 is 18.8 Å². The molecule has 37 heavy (non-hydrogen) atoms. The number of hydrogen-bond donors (Lipinski definition) is 0. The van der Waals surface area contributed by atoms with Crippen LogP contribution in [0.2, 0.25) is 0 Å². The number of ether oxygens (including phenoxy) is 3. The number of aromatic nitrogens is 1. The quantitative estimate of drug-likeness (QED) is 0.378. The Morgan fingerprint density at radius 1 is 1.11 bits per heavy atom. The van der Waals surface area contributed by atoms with Gasteiger partial charge in [0.15, 0.2) is 16.3 Å². The zero-order valence-electron chi connectivity index (χ0n) is 20.9. The van der Waals surface area contributed by atoms with Crippen molar-refractivity contribution < 1.29 is 32.2 Å². The monoisotopic (exact) mass is 547 g/mol. The molecule has 0 saturated carbocycles. The second-order valence-corrected chi connectivity index (χ2v) is 11.4. The van der Waals surface area contributed by atoms with Gasteiger partial charge in [0, 0.05) is 31.3 Å². The summed E-state index contributed by atoms with van der Waals surface area (Å²) in [6.45, 7) is 5.06. The third-order valence-corrected chi connectivity index (χ3v) is 8.68. The molecule has 10 nitrogen and oxygen atoms in total. The fourth-order valence-corrected chi connectivity index (χ4v) is 6.03. The first-order chi connectivity index (χ1) is 17.7. The summed E-state index contributed by atoms with van der Waals surface area (Å²) in [6, 6.07) is 9.25. The Labute approximate surface area is 219 Å². The van der Waals surface area contributed by atoms with Crippen molar-refractivity contribution in [2.24, 2.45) is 4.99 Å². The third kappa shape index (κ3) is 5.86. The van der Waals surface area contributed by atoms with Crippen molar-refractivity contribution >= 4 is 43.5 Å². The van der Waals surface area contributed by atoms with Crippen LogP contribution < -0.4 is 14.3 Å². The number of rotatable bonds is 9. The van der Waals surface area contributed by atoms with Crippen LogP contribution in [0.15, 0.2) is 46.3 Å². The lowest BCUT2D eigenvalue weighted by atomic mass is 10.2. The molecule has 3 aromatic rings. The number of sulfonamides is 1. The summed E-state index contributed by atoms with van der Waals surface area (Å²) in [6.07, 6.45) is 1.64. The van der Waals surface area contributed by atoms with Crippen molar-refractivity contribution in [3.05, 3.63) is 46.8 Å². The van der Waals surface area contributed by atoms with Crippen molar-refractivity contribution in [3.63, 3.8) is 0 Å². The van der Waals surface area contributed by atoms with Gasteiger partial charge >= 0.3 is 5.97 Å². The molecule has 1 amide bonds.